The number of benzene rings is 3. The van der Waals surface area contributed by atoms with Gasteiger partial charge >= 0.3 is 68.5 Å². The predicted octanol–water partition coefficient (Wildman–Crippen LogP) is 5.40. The third-order valence-electron chi connectivity index (χ3n) is 15.5. The molecule has 3 aromatic rings. The SMILES string of the molecule is NCCC[Si]12C[Si]34CCCNC(=O)c5ccc(cc5)N(c5ccccc5)c5ccc(cc5)C(=O)NCCC[Si]5(C[Si](CCCN)(O1)O[Si]1(CCCN)C[Si](CCCN)(O2)O[Si](CCCN)(C[Si](CCCN)(O1)O5)O3)O4. The molecule has 8 unspecified atom stereocenters. The average molecular weight is 1170 g/mol. The highest BCUT2D eigenvalue weighted by Gasteiger charge is 2.78. The zero-order valence-corrected chi connectivity index (χ0v) is 51.8. The van der Waals surface area contributed by atoms with Gasteiger partial charge in [0, 0.05) is 63.9 Å². The van der Waals surface area contributed by atoms with Crippen molar-refractivity contribution in [3.8, 4) is 0 Å². The van der Waals surface area contributed by atoms with E-state index in [1.54, 1.807) is 0 Å². The topological polar surface area (TPSA) is 291 Å². The number of rotatable bonds is 19. The number of amides is 2. The summed E-state index contributed by atoms with van der Waals surface area (Å²) in [5.74, 6) is -0.350. The number of carbonyl (C=O) groups excluding carboxylic acids is 2. The van der Waals surface area contributed by atoms with Crippen LogP contribution in [0.15, 0.2) is 78.9 Å². The summed E-state index contributed by atoms with van der Waals surface area (Å²) in [6, 6.07) is 30.1. The van der Waals surface area contributed by atoms with E-state index in [4.69, 9.17) is 67.3 Å². The highest BCUT2D eigenvalue weighted by Crippen LogP contribution is 2.58. The minimum atomic E-state index is -3.59. The second kappa shape index (κ2) is 24.5. The summed E-state index contributed by atoms with van der Waals surface area (Å²) in [5, 5.41) is 6.53. The molecule has 0 saturated carbocycles. The number of para-hydroxylation sites is 1. The zero-order valence-electron chi connectivity index (χ0n) is 43.8. The van der Waals surface area contributed by atoms with Crippen LogP contribution in [0.5, 0.6) is 0 Å². The van der Waals surface area contributed by atoms with Crippen molar-refractivity contribution >= 4 is 97.4 Å². The van der Waals surface area contributed by atoms with Crippen molar-refractivity contribution in [2.24, 2.45) is 34.4 Å². The summed E-state index contributed by atoms with van der Waals surface area (Å²) >= 11 is 0. The maximum atomic E-state index is 14.1. The first kappa shape index (κ1) is 57.3. The van der Waals surface area contributed by atoms with E-state index in [9.17, 15) is 9.59 Å². The van der Waals surface area contributed by atoms with E-state index in [0.29, 0.717) is 186 Å². The number of fused-ring (bicyclic) bond motifs is 2. The molecule has 2 amide bonds. The molecule has 2 spiro atoms. The second-order valence-corrected chi connectivity index (χ2v) is 52.4. The highest BCUT2D eigenvalue weighted by molar-refractivity contribution is 7.13. The molecular weight excluding hydrogens is 1090 g/mol. The fourth-order valence-electron chi connectivity index (χ4n) is 12.7. The lowest BCUT2D eigenvalue weighted by molar-refractivity contribution is 0.0945. The molecule has 8 atom stereocenters. The summed E-state index contributed by atoms with van der Waals surface area (Å²) in [5.41, 5.74) is 44.6. The summed E-state index contributed by atoms with van der Waals surface area (Å²) < 4.78 is 66.1. The molecule has 0 aliphatic carbocycles. The van der Waals surface area contributed by atoms with Gasteiger partial charge in [-0.2, -0.15) is 0 Å². The first-order chi connectivity index (χ1) is 36.3. The lowest BCUT2D eigenvalue weighted by Gasteiger charge is -2.66. The number of carbonyl (C=O) groups is 2. The van der Waals surface area contributed by atoms with Gasteiger partial charge in [-0.1, -0.05) is 18.2 Å². The lowest BCUT2D eigenvalue weighted by atomic mass is 10.1. The molecule has 9 aliphatic heterocycles. The van der Waals surface area contributed by atoms with Crippen molar-refractivity contribution in [1.82, 2.24) is 10.6 Å². The van der Waals surface area contributed by atoms with Crippen molar-refractivity contribution in [1.29, 1.82) is 0 Å². The third kappa shape index (κ3) is 12.9. The molecule has 6 saturated heterocycles. The van der Waals surface area contributed by atoms with Gasteiger partial charge in [0.2, 0.25) is 0 Å². The van der Waals surface area contributed by atoms with Gasteiger partial charge in [-0.25, -0.2) is 0 Å². The van der Waals surface area contributed by atoms with Gasteiger partial charge in [-0.15, -0.1) is 0 Å². The van der Waals surface area contributed by atoms with Crippen LogP contribution >= 0.6 is 0 Å². The Morgan fingerprint density at radius 3 is 1.03 bits per heavy atom. The molecule has 75 heavy (non-hydrogen) atoms. The largest absolute Gasteiger partial charge is 0.415 e. The Balaban J connectivity index is 1.21. The fraction of sp³-hybridized carbons (Fsp3) is 0.583. The quantitative estimate of drug-likeness (QED) is 0.0698. The highest BCUT2D eigenvalue weighted by atomic mass is 28.6. The van der Waals surface area contributed by atoms with E-state index < -0.39 is 68.5 Å². The van der Waals surface area contributed by atoms with E-state index in [2.05, 4.69) is 15.5 Å². The molecule has 14 N–H and O–H groups in total. The van der Waals surface area contributed by atoms with Gasteiger partial charge in [0.1, 0.15) is 0 Å². The molecule has 6 fully saturated rings. The monoisotopic (exact) mass is 1170 g/mol. The number of hydrogen-bond acceptors (Lipinski definition) is 17. The predicted molar refractivity (Wildman–Crippen MR) is 309 cm³/mol. The number of anilines is 3. The van der Waals surface area contributed by atoms with E-state index in [0.717, 1.165) is 17.1 Å². The van der Waals surface area contributed by atoms with E-state index in [1.165, 1.54) is 0 Å². The fourth-order valence-corrected chi connectivity index (χ4v) is 85.0. The minimum Gasteiger partial charge on any atom is -0.415 e. The van der Waals surface area contributed by atoms with Crippen LogP contribution < -0.4 is 49.9 Å². The molecule has 9 aliphatic rings. The molecular formula is C48H83N9O10Si8. The average Bonchev–Trinajstić information content (AvgIpc) is 3.40. The molecule has 412 valence electrons. The number of nitrogens with two attached hydrogens (primary N) is 6. The van der Waals surface area contributed by atoms with Crippen molar-refractivity contribution in [2.45, 2.75) is 122 Å². The van der Waals surface area contributed by atoms with Crippen LogP contribution in [0.25, 0.3) is 0 Å². The normalized spacial score (nSPS) is 33.9. The summed E-state index contributed by atoms with van der Waals surface area (Å²) in [6.45, 7) is 3.49. The Kier molecular flexibility index (Phi) is 18.7. The van der Waals surface area contributed by atoms with Crippen molar-refractivity contribution < 1.29 is 42.5 Å². The minimum absolute atomic E-state index is 0.175. The van der Waals surface area contributed by atoms with Crippen LogP contribution in [-0.2, 0) is 32.9 Å². The van der Waals surface area contributed by atoms with E-state index in [1.807, 2.05) is 78.9 Å². The molecule has 19 nitrogen and oxygen atoms in total. The second-order valence-electron chi connectivity index (χ2n) is 21.6. The molecule has 0 radical (unpaired) electrons. The Morgan fingerprint density at radius 1 is 0.387 bits per heavy atom. The summed E-state index contributed by atoms with van der Waals surface area (Å²) in [4.78, 5) is 30.4. The van der Waals surface area contributed by atoms with Gasteiger partial charge in [0.05, 0.1) is 0 Å². The molecule has 3 aromatic carbocycles. The standard InChI is InChI=1S/C48H83N9O10Si8/c49-22-4-30-68-38-69(31-5-23-50)61-71(33-7-25-52)39-70(60-68,32-6-24-51)65-74-36-10-28-55-47(58)42-14-18-45(19-15-42)57(44-12-2-1-3-13-44)46-20-16-43(17-21-46)48(59)56-29-11-37-75(66-71,67-74)41-73(63-69,35-9-27-54)64-72(40-74,62-68)34-8-26-53/h1-3,12-21H,4-11,22-41,49-54H2,(H,55,58)(H,56,59). The van der Waals surface area contributed by atoms with Gasteiger partial charge in [-0.3, -0.25) is 9.59 Å². The molecule has 0 aromatic heterocycles. The van der Waals surface area contributed by atoms with Crippen LogP contribution in [0.3, 0.4) is 0 Å². The van der Waals surface area contributed by atoms with Crippen LogP contribution in [0.1, 0.15) is 72.1 Å². The first-order valence-electron chi connectivity index (χ1n) is 27.7. The summed E-state index contributed by atoms with van der Waals surface area (Å²) in [6.07, 6.45) is 5.24. The number of nitrogens with zero attached hydrogens (tertiary/aromatic N) is 1. The van der Waals surface area contributed by atoms with Crippen molar-refractivity contribution in [3.63, 3.8) is 0 Å². The van der Waals surface area contributed by atoms with Crippen molar-refractivity contribution in [3.05, 3.63) is 90.0 Å². The summed E-state index contributed by atoms with van der Waals surface area (Å²) in [7, 11) is -27.9. The van der Waals surface area contributed by atoms with E-state index >= 15 is 0 Å². The number of nitrogens with one attached hydrogen (secondary N) is 2. The zero-order chi connectivity index (χ0) is 52.7. The Hall–Kier alpha value is -2.42. The van der Waals surface area contributed by atoms with Gasteiger partial charge in [0.15, 0.2) is 0 Å². The molecule has 27 heteroatoms. The van der Waals surface area contributed by atoms with Crippen LogP contribution in [0.4, 0.5) is 17.1 Å². The molecule has 9 heterocycles. The number of hydrogen-bond donors (Lipinski definition) is 8. The van der Waals surface area contributed by atoms with Crippen LogP contribution in [0.2, 0.25) is 71.0 Å². The van der Waals surface area contributed by atoms with Gasteiger partial charge in [0.25, 0.3) is 11.8 Å². The van der Waals surface area contributed by atoms with E-state index in [-0.39, 0.29) is 11.8 Å². The molecule has 12 bridgehead atoms. The Morgan fingerprint density at radius 2 is 0.693 bits per heavy atom. The van der Waals surface area contributed by atoms with Gasteiger partial charge in [-0.05, 0) is 200 Å². The van der Waals surface area contributed by atoms with Crippen LogP contribution in [-0.4, -0.2) is 133 Å². The maximum Gasteiger partial charge on any atom is 0.322 e. The Bertz CT molecular complexity index is 2210. The third-order valence-corrected chi connectivity index (χ3v) is 65.5. The smallest absolute Gasteiger partial charge is 0.322 e. The van der Waals surface area contributed by atoms with Crippen molar-refractivity contribution in [2.75, 3.05) is 57.3 Å². The first-order valence-corrected chi connectivity index (χ1v) is 45.6. The Labute approximate surface area is 452 Å². The lowest BCUT2D eigenvalue weighted by Crippen LogP contribution is -2.85. The van der Waals surface area contributed by atoms with Gasteiger partial charge < -0.3 is 82.9 Å². The van der Waals surface area contributed by atoms with Crippen LogP contribution in [0, 0.1) is 0 Å². The maximum absolute atomic E-state index is 14.1. The molecule has 12 rings (SSSR count).